The molecule has 0 aliphatic heterocycles. The number of benzene rings is 1. The highest BCUT2D eigenvalue weighted by atomic mass is 19.1. The highest BCUT2D eigenvalue weighted by Gasteiger charge is 2.15. The second-order valence-corrected chi connectivity index (χ2v) is 4.17. The molecule has 1 heterocycles. The van der Waals surface area contributed by atoms with Crippen LogP contribution in [0.4, 0.5) is 4.39 Å². The Bertz CT molecular complexity index is 650. The third-order valence-electron chi connectivity index (χ3n) is 2.69. The Morgan fingerprint density at radius 3 is 2.55 bits per heavy atom. The molecule has 0 saturated carbocycles. The average Bonchev–Trinajstić information content (AvgIpc) is 2.45. The Labute approximate surface area is 116 Å². The average molecular weight is 271 g/mol. The summed E-state index contributed by atoms with van der Waals surface area (Å²) in [4.78, 5) is 20.7. The van der Waals surface area contributed by atoms with Crippen molar-refractivity contribution in [3.05, 3.63) is 65.6 Å². The molecule has 0 fully saturated rings. The molecule has 20 heavy (non-hydrogen) atoms. The molecule has 0 amide bonds. The van der Waals surface area contributed by atoms with Gasteiger partial charge in [-0.25, -0.2) is 14.4 Å². The van der Waals surface area contributed by atoms with E-state index in [1.807, 2.05) is 0 Å². The zero-order chi connectivity index (χ0) is 14.5. The van der Waals surface area contributed by atoms with Crippen molar-refractivity contribution >= 4 is 11.4 Å². The molecule has 0 bridgehead atoms. The fourth-order valence-electron chi connectivity index (χ4n) is 1.76. The van der Waals surface area contributed by atoms with Crippen LogP contribution in [0.2, 0.25) is 0 Å². The van der Waals surface area contributed by atoms with Crippen molar-refractivity contribution in [2.45, 2.75) is 6.92 Å². The van der Waals surface area contributed by atoms with Gasteiger partial charge in [-0.1, -0.05) is 0 Å². The third kappa shape index (κ3) is 3.06. The van der Waals surface area contributed by atoms with Gasteiger partial charge >= 0.3 is 0 Å². The van der Waals surface area contributed by atoms with E-state index in [9.17, 15) is 9.18 Å². The van der Waals surface area contributed by atoms with Crippen molar-refractivity contribution in [3.8, 4) is 0 Å². The van der Waals surface area contributed by atoms with E-state index in [-0.39, 0.29) is 11.6 Å². The molecule has 1 N–H and O–H groups in total. The van der Waals surface area contributed by atoms with Gasteiger partial charge in [-0.3, -0.25) is 4.79 Å². The molecule has 2 rings (SSSR count). The van der Waals surface area contributed by atoms with Crippen LogP contribution in [0.25, 0.3) is 5.57 Å². The Hall–Kier alpha value is -2.56. The van der Waals surface area contributed by atoms with Gasteiger partial charge in [0.05, 0.1) is 11.3 Å². The van der Waals surface area contributed by atoms with Crippen molar-refractivity contribution in [1.82, 2.24) is 15.3 Å². The molecular weight excluding hydrogens is 257 g/mol. The van der Waals surface area contributed by atoms with Gasteiger partial charge in [0.2, 0.25) is 0 Å². The van der Waals surface area contributed by atoms with Crippen molar-refractivity contribution in [2.75, 3.05) is 7.05 Å². The molecule has 2 aromatic rings. The van der Waals surface area contributed by atoms with Crippen LogP contribution >= 0.6 is 0 Å². The SMILES string of the molecule is CN/C=C(/C(=O)c1ccc(F)cc1)c1ccnc(C)n1. The molecule has 102 valence electrons. The van der Waals surface area contributed by atoms with Crippen molar-refractivity contribution in [2.24, 2.45) is 0 Å². The first-order valence-electron chi connectivity index (χ1n) is 6.09. The normalized spacial score (nSPS) is 11.2. The monoisotopic (exact) mass is 271 g/mol. The molecule has 0 saturated heterocycles. The lowest BCUT2D eigenvalue weighted by Crippen LogP contribution is -2.09. The Morgan fingerprint density at radius 1 is 1.25 bits per heavy atom. The summed E-state index contributed by atoms with van der Waals surface area (Å²) in [7, 11) is 1.70. The maximum atomic E-state index is 12.9. The maximum Gasteiger partial charge on any atom is 0.196 e. The fourth-order valence-corrected chi connectivity index (χ4v) is 1.76. The number of aromatic nitrogens is 2. The van der Waals surface area contributed by atoms with Crippen molar-refractivity contribution < 1.29 is 9.18 Å². The van der Waals surface area contributed by atoms with E-state index >= 15 is 0 Å². The highest BCUT2D eigenvalue weighted by Crippen LogP contribution is 2.17. The second kappa shape index (κ2) is 6.06. The van der Waals surface area contributed by atoms with E-state index in [2.05, 4.69) is 15.3 Å². The largest absolute Gasteiger partial charge is 0.393 e. The topological polar surface area (TPSA) is 54.9 Å². The van der Waals surface area contributed by atoms with Gasteiger partial charge in [0.15, 0.2) is 5.78 Å². The Morgan fingerprint density at radius 2 is 1.95 bits per heavy atom. The Balaban J connectivity index is 2.41. The second-order valence-electron chi connectivity index (χ2n) is 4.17. The van der Waals surface area contributed by atoms with Gasteiger partial charge in [-0.2, -0.15) is 0 Å². The number of Topliss-reactive ketones (excluding diaryl/α,β-unsaturated/α-hetero) is 1. The van der Waals surface area contributed by atoms with Gasteiger partial charge in [-0.15, -0.1) is 0 Å². The predicted octanol–water partition coefficient (Wildman–Crippen LogP) is 2.37. The van der Waals surface area contributed by atoms with Gasteiger partial charge in [0.25, 0.3) is 0 Å². The molecule has 1 aromatic heterocycles. The van der Waals surface area contributed by atoms with Crippen LogP contribution in [-0.2, 0) is 0 Å². The molecule has 1 aromatic carbocycles. The molecule has 0 radical (unpaired) electrons. The van der Waals surface area contributed by atoms with E-state index in [0.717, 1.165) is 0 Å². The lowest BCUT2D eigenvalue weighted by Gasteiger charge is -2.07. The van der Waals surface area contributed by atoms with Crippen LogP contribution in [0.3, 0.4) is 0 Å². The number of allylic oxidation sites excluding steroid dienone is 1. The molecule has 0 spiro atoms. The van der Waals surface area contributed by atoms with Crippen molar-refractivity contribution in [3.63, 3.8) is 0 Å². The minimum absolute atomic E-state index is 0.225. The minimum atomic E-state index is -0.376. The van der Waals surface area contributed by atoms with E-state index in [1.165, 1.54) is 24.3 Å². The summed E-state index contributed by atoms with van der Waals surface area (Å²) in [5.41, 5.74) is 1.34. The van der Waals surface area contributed by atoms with Crippen LogP contribution in [0.1, 0.15) is 21.9 Å². The number of halogens is 1. The molecule has 4 nitrogen and oxygen atoms in total. The highest BCUT2D eigenvalue weighted by molar-refractivity contribution is 6.28. The molecule has 0 aliphatic rings. The third-order valence-corrected chi connectivity index (χ3v) is 2.69. The van der Waals surface area contributed by atoms with E-state index < -0.39 is 0 Å². The minimum Gasteiger partial charge on any atom is -0.393 e. The standard InChI is InChI=1S/C15H14FN3O/c1-10-18-8-7-14(19-10)13(9-17-2)15(20)11-3-5-12(16)6-4-11/h3-9,17H,1-2H3/b13-9+. The number of ketones is 1. The Kier molecular flexibility index (Phi) is 4.20. The quantitative estimate of drug-likeness (QED) is 0.685. The smallest absolute Gasteiger partial charge is 0.196 e. The zero-order valence-electron chi connectivity index (χ0n) is 11.2. The number of nitrogens with zero attached hydrogens (tertiary/aromatic N) is 2. The number of carbonyl (C=O) groups excluding carboxylic acids is 1. The van der Waals surface area contributed by atoms with E-state index in [4.69, 9.17) is 0 Å². The summed E-state index contributed by atoms with van der Waals surface area (Å²) in [5, 5.41) is 2.83. The first kappa shape index (κ1) is 13.9. The maximum absolute atomic E-state index is 12.9. The van der Waals surface area contributed by atoms with Crippen LogP contribution in [0.15, 0.2) is 42.7 Å². The number of aryl methyl sites for hydroxylation is 1. The summed E-state index contributed by atoms with van der Waals surface area (Å²) in [6.07, 6.45) is 3.17. The zero-order valence-corrected chi connectivity index (χ0v) is 11.2. The summed E-state index contributed by atoms with van der Waals surface area (Å²) in [6, 6.07) is 7.09. The predicted molar refractivity (Wildman–Crippen MR) is 74.5 cm³/mol. The van der Waals surface area contributed by atoms with Gasteiger partial charge in [-0.05, 0) is 37.3 Å². The number of hydrogen-bond donors (Lipinski definition) is 1. The van der Waals surface area contributed by atoms with Gasteiger partial charge < -0.3 is 5.32 Å². The molecule has 0 atom stereocenters. The van der Waals surface area contributed by atoms with Crippen LogP contribution in [0.5, 0.6) is 0 Å². The van der Waals surface area contributed by atoms with Crippen LogP contribution < -0.4 is 5.32 Å². The first-order chi connectivity index (χ1) is 9.61. The lowest BCUT2D eigenvalue weighted by atomic mass is 10.0. The summed E-state index contributed by atoms with van der Waals surface area (Å²) in [5.74, 6) is -0.0209. The lowest BCUT2D eigenvalue weighted by molar-refractivity contribution is 0.105. The molecular formula is C15H14FN3O. The van der Waals surface area contributed by atoms with Gasteiger partial charge in [0.1, 0.15) is 11.6 Å². The molecule has 0 aliphatic carbocycles. The summed E-state index contributed by atoms with van der Waals surface area (Å²) in [6.45, 7) is 1.75. The molecule has 0 unspecified atom stereocenters. The summed E-state index contributed by atoms with van der Waals surface area (Å²) >= 11 is 0. The number of rotatable bonds is 4. The van der Waals surface area contributed by atoms with Crippen LogP contribution in [-0.4, -0.2) is 22.8 Å². The fraction of sp³-hybridized carbons (Fsp3) is 0.133. The van der Waals surface area contributed by atoms with E-state index in [1.54, 1.807) is 32.4 Å². The number of hydrogen-bond acceptors (Lipinski definition) is 4. The first-order valence-corrected chi connectivity index (χ1v) is 6.09. The van der Waals surface area contributed by atoms with Gasteiger partial charge in [0, 0.05) is 25.0 Å². The summed E-state index contributed by atoms with van der Waals surface area (Å²) < 4.78 is 12.9. The van der Waals surface area contributed by atoms with Crippen molar-refractivity contribution in [1.29, 1.82) is 0 Å². The van der Waals surface area contributed by atoms with E-state index in [0.29, 0.717) is 22.7 Å². The molecule has 5 heteroatoms. The number of nitrogens with one attached hydrogen (secondary N) is 1. The number of carbonyl (C=O) groups is 1. The van der Waals surface area contributed by atoms with Crippen LogP contribution in [0, 0.1) is 12.7 Å².